The van der Waals surface area contributed by atoms with E-state index in [1.54, 1.807) is 12.3 Å². The van der Waals surface area contributed by atoms with Gasteiger partial charge in [0.1, 0.15) is 10.8 Å². The molecule has 1 aromatic heterocycles. The summed E-state index contributed by atoms with van der Waals surface area (Å²) in [4.78, 5) is 14.9. The lowest BCUT2D eigenvalue weighted by Gasteiger charge is -2.07. The maximum Gasteiger partial charge on any atom is 0.335 e. The highest BCUT2D eigenvalue weighted by Crippen LogP contribution is 2.22. The number of nitrogens with zero attached hydrogens (tertiary/aromatic N) is 1. The van der Waals surface area contributed by atoms with Crippen LogP contribution in [0.15, 0.2) is 34.7 Å². The van der Waals surface area contributed by atoms with Gasteiger partial charge in [0, 0.05) is 11.6 Å². The van der Waals surface area contributed by atoms with E-state index >= 15 is 0 Å². The summed E-state index contributed by atoms with van der Waals surface area (Å²) in [5.41, 5.74) is 0.491. The smallest absolute Gasteiger partial charge is 0.335 e. The summed E-state index contributed by atoms with van der Waals surface area (Å²) >= 11 is 1.25. The molecule has 0 unspecified atom stereocenters. The quantitative estimate of drug-likeness (QED) is 0.934. The molecule has 2 rings (SSSR count). The minimum absolute atomic E-state index is 0.0386. The molecule has 0 spiro atoms. The molecule has 0 saturated heterocycles. The minimum Gasteiger partial charge on any atom is -0.478 e. The van der Waals surface area contributed by atoms with Gasteiger partial charge in [-0.25, -0.2) is 18.2 Å². The van der Waals surface area contributed by atoms with Crippen LogP contribution >= 0.6 is 11.3 Å². The predicted molar refractivity (Wildman–Crippen MR) is 71.1 cm³/mol. The van der Waals surface area contributed by atoms with Crippen LogP contribution in [0, 0.1) is 6.92 Å². The van der Waals surface area contributed by atoms with Gasteiger partial charge >= 0.3 is 5.97 Å². The average molecular weight is 297 g/mol. The molecule has 100 valence electrons. The summed E-state index contributed by atoms with van der Waals surface area (Å²) in [7, 11) is -3.59. The fourth-order valence-corrected chi connectivity index (χ4v) is 4.19. The first kappa shape index (κ1) is 13.7. The molecule has 0 radical (unpaired) electrons. The summed E-state index contributed by atoms with van der Waals surface area (Å²) in [6.45, 7) is 1.64. The fraction of sp³-hybridized carbons (Fsp3) is 0.167. The number of carboxylic acids is 1. The molecular weight excluding hydrogens is 286 g/mol. The number of hydrogen-bond donors (Lipinski definition) is 1. The van der Waals surface area contributed by atoms with Gasteiger partial charge in [0.15, 0.2) is 9.84 Å². The Bertz CT molecular complexity index is 705. The van der Waals surface area contributed by atoms with Crippen LogP contribution in [0.25, 0.3) is 0 Å². The summed E-state index contributed by atoms with van der Waals surface area (Å²) in [6.07, 6.45) is 1.54. The molecule has 0 fully saturated rings. The third kappa shape index (κ3) is 2.99. The van der Waals surface area contributed by atoms with Gasteiger partial charge in [-0.1, -0.05) is 6.07 Å². The zero-order valence-corrected chi connectivity index (χ0v) is 11.7. The van der Waals surface area contributed by atoms with Crippen LogP contribution in [0.5, 0.6) is 0 Å². The van der Waals surface area contributed by atoms with E-state index in [0.29, 0.717) is 10.6 Å². The van der Waals surface area contributed by atoms with E-state index in [1.807, 2.05) is 0 Å². The second kappa shape index (κ2) is 5.10. The summed E-state index contributed by atoms with van der Waals surface area (Å²) in [6, 6.07) is 4.08. The van der Waals surface area contributed by atoms with E-state index in [1.165, 1.54) is 35.7 Å². The van der Waals surface area contributed by atoms with Crippen LogP contribution < -0.4 is 0 Å². The van der Waals surface area contributed by atoms with Crippen molar-refractivity contribution in [1.82, 2.24) is 4.98 Å². The molecule has 2 aromatic rings. The number of aromatic nitrogens is 1. The monoisotopic (exact) mass is 297 g/mol. The highest BCUT2D eigenvalue weighted by molar-refractivity contribution is 7.90. The third-order valence-corrected chi connectivity index (χ3v) is 5.29. The molecule has 0 aliphatic carbocycles. The number of hydrogen-bond acceptors (Lipinski definition) is 5. The van der Waals surface area contributed by atoms with Gasteiger partial charge in [-0.2, -0.15) is 0 Å². The lowest BCUT2D eigenvalue weighted by molar-refractivity contribution is 0.0696. The number of aryl methyl sites for hydroxylation is 1. The zero-order valence-electron chi connectivity index (χ0n) is 10.0. The fourth-order valence-electron chi connectivity index (χ4n) is 1.63. The molecular formula is C12H11NO4S2. The molecule has 1 heterocycles. The number of thiazole rings is 1. The van der Waals surface area contributed by atoms with Gasteiger partial charge in [0.2, 0.25) is 0 Å². The number of carboxylic acid groups (broad SMARTS) is 1. The van der Waals surface area contributed by atoms with Gasteiger partial charge in [0.05, 0.1) is 10.5 Å². The summed E-state index contributed by atoms with van der Waals surface area (Å²) in [5.74, 6) is -1.36. The van der Waals surface area contributed by atoms with Crippen molar-refractivity contribution in [3.63, 3.8) is 0 Å². The average Bonchev–Trinajstić information content (AvgIpc) is 2.81. The molecule has 0 saturated carbocycles. The van der Waals surface area contributed by atoms with Crippen molar-refractivity contribution in [2.24, 2.45) is 0 Å². The Morgan fingerprint density at radius 2 is 2.16 bits per heavy atom. The molecule has 7 heteroatoms. The Morgan fingerprint density at radius 1 is 1.42 bits per heavy atom. The van der Waals surface area contributed by atoms with Crippen LogP contribution in [-0.2, 0) is 15.6 Å². The Morgan fingerprint density at radius 3 is 2.74 bits per heavy atom. The minimum atomic E-state index is -3.59. The van der Waals surface area contributed by atoms with Gasteiger partial charge in [-0.05, 0) is 24.6 Å². The SMILES string of the molecule is Cc1ccc(C(=O)O)cc1S(=O)(=O)Cc1nccs1. The number of rotatable bonds is 4. The van der Waals surface area contributed by atoms with Crippen LogP contribution in [0.1, 0.15) is 20.9 Å². The first-order chi connectivity index (χ1) is 8.90. The van der Waals surface area contributed by atoms with Crippen molar-refractivity contribution < 1.29 is 18.3 Å². The number of benzene rings is 1. The standard InChI is InChI=1S/C12H11NO4S2/c1-8-2-3-9(12(14)15)6-10(8)19(16,17)7-11-13-4-5-18-11/h2-6H,7H2,1H3,(H,14,15). The second-order valence-electron chi connectivity index (χ2n) is 3.97. The van der Waals surface area contributed by atoms with Crippen molar-refractivity contribution in [3.05, 3.63) is 45.9 Å². The van der Waals surface area contributed by atoms with Gasteiger partial charge in [0.25, 0.3) is 0 Å². The molecule has 1 N–H and O–H groups in total. The van der Waals surface area contributed by atoms with Crippen molar-refractivity contribution in [1.29, 1.82) is 0 Å². The summed E-state index contributed by atoms with van der Waals surface area (Å²) in [5, 5.41) is 11.1. The predicted octanol–water partition coefficient (Wildman–Crippen LogP) is 2.12. The van der Waals surface area contributed by atoms with Crippen LogP contribution in [0.4, 0.5) is 0 Å². The van der Waals surface area contributed by atoms with E-state index in [0.717, 1.165) is 0 Å². The third-order valence-electron chi connectivity index (χ3n) is 2.57. The maximum absolute atomic E-state index is 12.3. The lowest BCUT2D eigenvalue weighted by atomic mass is 10.1. The number of sulfone groups is 1. The van der Waals surface area contributed by atoms with Crippen molar-refractivity contribution >= 4 is 27.1 Å². The normalized spacial score (nSPS) is 11.4. The van der Waals surface area contributed by atoms with Crippen molar-refractivity contribution in [2.75, 3.05) is 0 Å². The van der Waals surface area contributed by atoms with Gasteiger partial charge in [-0.15, -0.1) is 11.3 Å². The van der Waals surface area contributed by atoms with Gasteiger partial charge in [-0.3, -0.25) is 0 Å². The number of aromatic carboxylic acids is 1. The van der Waals surface area contributed by atoms with Crippen molar-refractivity contribution in [2.45, 2.75) is 17.6 Å². The Labute approximate surface area is 114 Å². The van der Waals surface area contributed by atoms with E-state index in [4.69, 9.17) is 5.11 Å². The largest absolute Gasteiger partial charge is 0.478 e. The molecule has 0 bridgehead atoms. The first-order valence-corrected chi connectivity index (χ1v) is 7.88. The first-order valence-electron chi connectivity index (χ1n) is 5.35. The molecule has 0 aliphatic rings. The highest BCUT2D eigenvalue weighted by Gasteiger charge is 2.20. The molecule has 19 heavy (non-hydrogen) atoms. The molecule has 1 aromatic carbocycles. The van der Waals surface area contributed by atoms with Crippen molar-refractivity contribution in [3.8, 4) is 0 Å². The Balaban J connectivity index is 2.45. The maximum atomic E-state index is 12.3. The van der Waals surface area contributed by atoms with E-state index in [-0.39, 0.29) is 16.2 Å². The Kier molecular flexibility index (Phi) is 3.68. The van der Waals surface area contributed by atoms with Crippen LogP contribution in [-0.4, -0.2) is 24.5 Å². The molecule has 0 amide bonds. The van der Waals surface area contributed by atoms with Crippen LogP contribution in [0.3, 0.4) is 0 Å². The van der Waals surface area contributed by atoms with E-state index < -0.39 is 15.8 Å². The topological polar surface area (TPSA) is 84.3 Å². The zero-order chi connectivity index (χ0) is 14.0. The Hall–Kier alpha value is -1.73. The number of carbonyl (C=O) groups is 1. The van der Waals surface area contributed by atoms with E-state index in [2.05, 4.69) is 4.98 Å². The second-order valence-corrected chi connectivity index (χ2v) is 6.91. The summed E-state index contributed by atoms with van der Waals surface area (Å²) < 4.78 is 24.5. The lowest BCUT2D eigenvalue weighted by Crippen LogP contribution is -2.08. The molecule has 5 nitrogen and oxygen atoms in total. The van der Waals surface area contributed by atoms with E-state index in [9.17, 15) is 13.2 Å². The molecule has 0 aliphatic heterocycles. The van der Waals surface area contributed by atoms with Gasteiger partial charge < -0.3 is 5.11 Å². The molecule has 0 atom stereocenters. The van der Waals surface area contributed by atoms with Crippen LogP contribution in [0.2, 0.25) is 0 Å². The highest BCUT2D eigenvalue weighted by atomic mass is 32.2.